The van der Waals surface area contributed by atoms with Crippen molar-refractivity contribution in [3.8, 4) is 5.75 Å². The Hall–Kier alpha value is -2.30. The van der Waals surface area contributed by atoms with Crippen LogP contribution in [-0.4, -0.2) is 36.9 Å². The fourth-order valence-corrected chi connectivity index (χ4v) is 4.37. The van der Waals surface area contributed by atoms with E-state index in [0.717, 1.165) is 30.6 Å². The summed E-state index contributed by atoms with van der Waals surface area (Å²) >= 11 is 0. The van der Waals surface area contributed by atoms with Crippen LogP contribution in [0.25, 0.3) is 0 Å². The lowest BCUT2D eigenvalue weighted by Crippen LogP contribution is -2.41. The predicted octanol–water partition coefficient (Wildman–Crippen LogP) is 2.87. The third-order valence-corrected chi connectivity index (χ3v) is 5.77. The highest BCUT2D eigenvalue weighted by atomic mass is 16.5. The number of ketones is 1. The van der Waals surface area contributed by atoms with E-state index in [9.17, 15) is 9.59 Å². The lowest BCUT2D eigenvalue weighted by Gasteiger charge is -2.37. The predicted molar refractivity (Wildman–Crippen MR) is 91.9 cm³/mol. The second-order valence-electron chi connectivity index (χ2n) is 7.38. The van der Waals surface area contributed by atoms with Gasteiger partial charge < -0.3 is 14.4 Å². The molecular formula is C20H23NO4. The van der Waals surface area contributed by atoms with E-state index in [0.29, 0.717) is 11.5 Å². The van der Waals surface area contributed by atoms with Crippen LogP contribution in [0.1, 0.15) is 37.8 Å². The van der Waals surface area contributed by atoms with E-state index in [1.54, 1.807) is 19.1 Å². The van der Waals surface area contributed by atoms with Gasteiger partial charge >= 0.3 is 0 Å². The Morgan fingerprint density at radius 1 is 1.16 bits per heavy atom. The summed E-state index contributed by atoms with van der Waals surface area (Å²) in [5, 5.41) is 0. The molecule has 2 aliphatic heterocycles. The maximum atomic E-state index is 13.2. The number of ether oxygens (including phenoxy) is 2. The minimum absolute atomic E-state index is 0.0938. The van der Waals surface area contributed by atoms with Gasteiger partial charge in [-0.15, -0.1) is 0 Å². The molecule has 3 aliphatic rings. The van der Waals surface area contributed by atoms with E-state index in [1.165, 1.54) is 0 Å². The minimum Gasteiger partial charge on any atom is -0.497 e. The van der Waals surface area contributed by atoms with Crippen LogP contribution in [-0.2, 0) is 14.3 Å². The number of Topliss-reactive ketones (excluding diaryl/α,β-unsaturated/α-hetero) is 1. The lowest BCUT2D eigenvalue weighted by molar-refractivity contribution is -0.135. The Balaban J connectivity index is 1.74. The molecule has 0 spiro atoms. The number of nitrogens with zero attached hydrogens (tertiary/aromatic N) is 1. The molecule has 1 aromatic carbocycles. The molecule has 4 atom stereocenters. The zero-order valence-electron chi connectivity index (χ0n) is 14.8. The number of methoxy groups -OCH3 is 1. The van der Waals surface area contributed by atoms with Gasteiger partial charge in [0.1, 0.15) is 11.9 Å². The molecule has 132 valence electrons. The smallest absolute Gasteiger partial charge is 0.289 e. The molecule has 25 heavy (non-hydrogen) atoms. The summed E-state index contributed by atoms with van der Waals surface area (Å²) in [4.78, 5) is 27.6. The van der Waals surface area contributed by atoms with Crippen LogP contribution in [0.4, 0.5) is 0 Å². The highest BCUT2D eigenvalue weighted by molar-refractivity contribution is 6.11. The lowest BCUT2D eigenvalue weighted by atomic mass is 9.74. The average molecular weight is 341 g/mol. The summed E-state index contributed by atoms with van der Waals surface area (Å²) < 4.78 is 11.3. The zero-order valence-corrected chi connectivity index (χ0v) is 14.8. The molecule has 0 N–H and O–H groups in total. The highest BCUT2D eigenvalue weighted by Gasteiger charge is 2.51. The molecule has 0 saturated heterocycles. The second kappa shape index (κ2) is 5.90. The Kier molecular flexibility index (Phi) is 3.82. The molecule has 5 nitrogen and oxygen atoms in total. The number of hydrogen-bond acceptors (Lipinski definition) is 4. The number of hydrogen-bond donors (Lipinski definition) is 0. The molecule has 4 unspecified atom stereocenters. The molecule has 1 aromatic rings. The van der Waals surface area contributed by atoms with Crippen molar-refractivity contribution in [1.29, 1.82) is 0 Å². The van der Waals surface area contributed by atoms with E-state index < -0.39 is 0 Å². The molecule has 4 rings (SSSR count). The van der Waals surface area contributed by atoms with Gasteiger partial charge in [-0.3, -0.25) is 9.59 Å². The van der Waals surface area contributed by atoms with Crippen LogP contribution < -0.4 is 4.74 Å². The molecule has 1 aliphatic carbocycles. The molecule has 5 heteroatoms. The first kappa shape index (κ1) is 16.2. The normalized spacial score (nSPS) is 31.6. The quantitative estimate of drug-likeness (QED) is 0.830. The van der Waals surface area contributed by atoms with Crippen molar-refractivity contribution in [2.75, 3.05) is 14.2 Å². The molecule has 0 aromatic heterocycles. The van der Waals surface area contributed by atoms with Gasteiger partial charge in [0.25, 0.3) is 5.91 Å². The number of likely N-dealkylation sites (N-methyl/N-ethyl adjacent to an activating group) is 1. The van der Waals surface area contributed by atoms with Crippen molar-refractivity contribution in [3.05, 3.63) is 41.2 Å². The number of carbonyl (C=O) groups is 2. The Labute approximate surface area is 147 Å². The molecule has 2 heterocycles. The molecule has 1 amide bonds. The molecule has 1 saturated carbocycles. The van der Waals surface area contributed by atoms with Crippen LogP contribution in [0.5, 0.6) is 5.75 Å². The van der Waals surface area contributed by atoms with Gasteiger partial charge in [0.05, 0.1) is 24.6 Å². The minimum atomic E-state index is -0.376. The second-order valence-corrected chi connectivity index (χ2v) is 7.38. The van der Waals surface area contributed by atoms with Gasteiger partial charge in [-0.25, -0.2) is 0 Å². The van der Waals surface area contributed by atoms with Gasteiger partial charge in [-0.2, -0.15) is 0 Å². The van der Waals surface area contributed by atoms with Crippen molar-refractivity contribution < 1.29 is 19.1 Å². The van der Waals surface area contributed by atoms with Crippen LogP contribution in [0, 0.1) is 11.8 Å². The number of amides is 1. The maximum absolute atomic E-state index is 13.2. The first-order valence-corrected chi connectivity index (χ1v) is 8.87. The molecule has 1 fully saturated rings. The van der Waals surface area contributed by atoms with Crippen molar-refractivity contribution in [2.24, 2.45) is 11.8 Å². The van der Waals surface area contributed by atoms with Crippen molar-refractivity contribution >= 4 is 11.7 Å². The Morgan fingerprint density at radius 2 is 1.88 bits per heavy atom. The third-order valence-electron chi connectivity index (χ3n) is 5.77. The number of rotatable bonds is 2. The largest absolute Gasteiger partial charge is 0.497 e. The van der Waals surface area contributed by atoms with E-state index in [4.69, 9.17) is 9.47 Å². The fraction of sp³-hybridized carbons (Fsp3) is 0.500. The number of carbonyl (C=O) groups excluding carboxylic acids is 2. The fourth-order valence-electron chi connectivity index (χ4n) is 4.37. The first-order valence-electron chi connectivity index (χ1n) is 8.87. The summed E-state index contributed by atoms with van der Waals surface area (Å²) in [6, 6.07) is 7.15. The molecule has 0 radical (unpaired) electrons. The highest BCUT2D eigenvalue weighted by Crippen LogP contribution is 2.46. The van der Waals surface area contributed by atoms with Gasteiger partial charge in [0, 0.05) is 7.05 Å². The first-order chi connectivity index (χ1) is 12.0. The molecular weight excluding hydrogens is 318 g/mol. The number of benzene rings is 1. The van der Waals surface area contributed by atoms with Crippen LogP contribution >= 0.6 is 0 Å². The van der Waals surface area contributed by atoms with Crippen LogP contribution in [0.2, 0.25) is 0 Å². The summed E-state index contributed by atoms with van der Waals surface area (Å²) in [5.41, 5.74) is 1.44. The van der Waals surface area contributed by atoms with E-state index >= 15 is 0 Å². The molecule has 0 bridgehead atoms. The monoisotopic (exact) mass is 341 g/mol. The van der Waals surface area contributed by atoms with Crippen LogP contribution in [0.3, 0.4) is 0 Å². The SMILES string of the molecule is COc1ccc(C2C3=C(OC4CCC(C)CC4C3=O)C(=O)N2C)cc1. The third kappa shape index (κ3) is 2.44. The van der Waals surface area contributed by atoms with E-state index in [2.05, 4.69) is 6.92 Å². The maximum Gasteiger partial charge on any atom is 0.289 e. The Bertz CT molecular complexity index is 751. The summed E-state index contributed by atoms with van der Waals surface area (Å²) in [6.07, 6.45) is 2.59. The standard InChI is InChI=1S/C20H23NO4/c1-11-4-9-15-14(10-11)18(22)16-17(21(2)20(23)19(16)25-15)12-5-7-13(24-3)8-6-12/h5-8,11,14-15,17H,4,9-10H2,1-3H3. The topological polar surface area (TPSA) is 55.8 Å². The number of fused-ring (bicyclic) bond motifs is 1. The Morgan fingerprint density at radius 3 is 2.56 bits per heavy atom. The van der Waals surface area contributed by atoms with E-state index in [1.807, 2.05) is 24.3 Å². The average Bonchev–Trinajstić information content (AvgIpc) is 2.88. The van der Waals surface area contributed by atoms with Gasteiger partial charge in [0.15, 0.2) is 11.5 Å². The van der Waals surface area contributed by atoms with Crippen molar-refractivity contribution in [2.45, 2.75) is 38.3 Å². The summed E-state index contributed by atoms with van der Waals surface area (Å²) in [5.74, 6) is 1.31. The van der Waals surface area contributed by atoms with Gasteiger partial charge in [-0.05, 0) is 42.9 Å². The van der Waals surface area contributed by atoms with E-state index in [-0.39, 0.29) is 35.5 Å². The van der Waals surface area contributed by atoms with Crippen molar-refractivity contribution in [1.82, 2.24) is 4.90 Å². The van der Waals surface area contributed by atoms with Crippen LogP contribution in [0.15, 0.2) is 35.6 Å². The van der Waals surface area contributed by atoms with Gasteiger partial charge in [-0.1, -0.05) is 19.1 Å². The van der Waals surface area contributed by atoms with Crippen molar-refractivity contribution in [3.63, 3.8) is 0 Å². The van der Waals surface area contributed by atoms with Gasteiger partial charge in [0.2, 0.25) is 0 Å². The summed E-state index contributed by atoms with van der Waals surface area (Å²) in [7, 11) is 3.35. The zero-order chi connectivity index (χ0) is 17.7. The summed E-state index contributed by atoms with van der Waals surface area (Å²) in [6.45, 7) is 2.18.